The SMILES string of the molecule is O=C(O)CC#Cc1ccc(CC(=O)O)cc1. The largest absolute Gasteiger partial charge is 0.481 e. The fourth-order valence-electron chi connectivity index (χ4n) is 1.10. The van der Waals surface area contributed by atoms with Gasteiger partial charge >= 0.3 is 11.9 Å². The monoisotopic (exact) mass is 218 g/mol. The van der Waals surface area contributed by atoms with Gasteiger partial charge in [0, 0.05) is 5.56 Å². The van der Waals surface area contributed by atoms with Gasteiger partial charge in [0.05, 0.1) is 6.42 Å². The standard InChI is InChI=1S/C12H10O4/c13-11(14)3-1-2-9-4-6-10(7-5-9)8-12(15)16/h4-7H,3,8H2,(H,13,14)(H,15,16). The van der Waals surface area contributed by atoms with Gasteiger partial charge in [-0.15, -0.1) is 0 Å². The van der Waals surface area contributed by atoms with Crippen molar-refractivity contribution in [1.29, 1.82) is 0 Å². The molecule has 0 atom stereocenters. The molecule has 16 heavy (non-hydrogen) atoms. The zero-order chi connectivity index (χ0) is 12.0. The number of hydrogen-bond donors (Lipinski definition) is 2. The summed E-state index contributed by atoms with van der Waals surface area (Å²) in [6.07, 6.45) is -0.223. The summed E-state index contributed by atoms with van der Waals surface area (Å²) in [6, 6.07) is 6.68. The summed E-state index contributed by atoms with van der Waals surface area (Å²) in [5.74, 6) is 3.33. The Balaban J connectivity index is 2.66. The van der Waals surface area contributed by atoms with Crippen LogP contribution in [0, 0.1) is 11.8 Å². The predicted molar refractivity (Wildman–Crippen MR) is 56.9 cm³/mol. The highest BCUT2D eigenvalue weighted by molar-refractivity contribution is 5.70. The molecule has 0 spiro atoms. The van der Waals surface area contributed by atoms with E-state index in [0.717, 1.165) is 0 Å². The summed E-state index contributed by atoms with van der Waals surface area (Å²) in [6.45, 7) is 0. The van der Waals surface area contributed by atoms with E-state index in [1.165, 1.54) is 0 Å². The van der Waals surface area contributed by atoms with E-state index in [0.29, 0.717) is 11.1 Å². The van der Waals surface area contributed by atoms with E-state index in [2.05, 4.69) is 11.8 Å². The highest BCUT2D eigenvalue weighted by Gasteiger charge is 1.99. The first-order valence-corrected chi connectivity index (χ1v) is 4.59. The summed E-state index contributed by atoms with van der Waals surface area (Å²) >= 11 is 0. The zero-order valence-electron chi connectivity index (χ0n) is 8.43. The van der Waals surface area contributed by atoms with Gasteiger partial charge in [0.1, 0.15) is 6.42 Å². The van der Waals surface area contributed by atoms with Crippen LogP contribution in [0.1, 0.15) is 17.5 Å². The van der Waals surface area contributed by atoms with Gasteiger partial charge in [0.2, 0.25) is 0 Å². The van der Waals surface area contributed by atoms with E-state index in [1.807, 2.05) is 0 Å². The van der Waals surface area contributed by atoms with Crippen LogP contribution in [-0.2, 0) is 16.0 Å². The van der Waals surface area contributed by atoms with E-state index < -0.39 is 11.9 Å². The second-order valence-electron chi connectivity index (χ2n) is 3.14. The second-order valence-corrected chi connectivity index (χ2v) is 3.14. The van der Waals surface area contributed by atoms with Crippen molar-refractivity contribution in [1.82, 2.24) is 0 Å². The molecule has 2 N–H and O–H groups in total. The van der Waals surface area contributed by atoms with Gasteiger partial charge in [-0.3, -0.25) is 9.59 Å². The van der Waals surface area contributed by atoms with Crippen molar-refractivity contribution in [2.75, 3.05) is 0 Å². The molecule has 1 aromatic rings. The molecule has 4 nitrogen and oxygen atoms in total. The third-order valence-electron chi connectivity index (χ3n) is 1.78. The van der Waals surface area contributed by atoms with Crippen molar-refractivity contribution >= 4 is 11.9 Å². The molecule has 82 valence electrons. The average Bonchev–Trinajstić information content (AvgIpc) is 2.19. The molecule has 0 aliphatic rings. The van der Waals surface area contributed by atoms with E-state index in [1.54, 1.807) is 24.3 Å². The number of aliphatic carboxylic acids is 2. The Morgan fingerprint density at radius 3 is 2.19 bits per heavy atom. The van der Waals surface area contributed by atoms with Crippen LogP contribution in [0.3, 0.4) is 0 Å². The first kappa shape index (κ1) is 11.8. The Kier molecular flexibility index (Phi) is 4.10. The van der Waals surface area contributed by atoms with Crippen LogP contribution >= 0.6 is 0 Å². The first-order chi connectivity index (χ1) is 7.58. The third-order valence-corrected chi connectivity index (χ3v) is 1.78. The Bertz CT molecular complexity index is 448. The van der Waals surface area contributed by atoms with Crippen LogP contribution in [-0.4, -0.2) is 22.2 Å². The van der Waals surface area contributed by atoms with Crippen molar-refractivity contribution in [2.45, 2.75) is 12.8 Å². The van der Waals surface area contributed by atoms with Gasteiger partial charge in [-0.2, -0.15) is 0 Å². The van der Waals surface area contributed by atoms with Gasteiger partial charge in [-0.1, -0.05) is 24.0 Å². The molecule has 0 heterocycles. The molecule has 0 amide bonds. The van der Waals surface area contributed by atoms with Crippen LogP contribution in [0.5, 0.6) is 0 Å². The maximum Gasteiger partial charge on any atom is 0.315 e. The lowest BCUT2D eigenvalue weighted by Gasteiger charge is -1.96. The van der Waals surface area contributed by atoms with Gasteiger partial charge in [-0.25, -0.2) is 0 Å². The predicted octanol–water partition coefficient (Wildman–Crippen LogP) is 1.14. The molecule has 0 aliphatic carbocycles. The molecule has 0 aliphatic heterocycles. The van der Waals surface area contributed by atoms with Crippen LogP contribution in [0.15, 0.2) is 24.3 Å². The van der Waals surface area contributed by atoms with Crippen molar-refractivity contribution in [3.05, 3.63) is 35.4 Å². The quantitative estimate of drug-likeness (QED) is 0.746. The third kappa shape index (κ3) is 4.29. The Labute approximate surface area is 92.5 Å². The molecule has 0 unspecified atom stereocenters. The topological polar surface area (TPSA) is 74.6 Å². The Morgan fingerprint density at radius 2 is 1.69 bits per heavy atom. The maximum absolute atomic E-state index is 10.4. The van der Waals surface area contributed by atoms with E-state index in [4.69, 9.17) is 10.2 Å². The number of carbonyl (C=O) groups is 2. The smallest absolute Gasteiger partial charge is 0.315 e. The minimum absolute atomic E-state index is 0.0250. The van der Waals surface area contributed by atoms with Gasteiger partial charge in [0.25, 0.3) is 0 Å². The number of hydrogen-bond acceptors (Lipinski definition) is 2. The van der Waals surface area contributed by atoms with Crippen molar-refractivity contribution in [3.63, 3.8) is 0 Å². The molecule has 1 aromatic carbocycles. The lowest BCUT2D eigenvalue weighted by molar-refractivity contribution is -0.137. The lowest BCUT2D eigenvalue weighted by Crippen LogP contribution is -1.99. The van der Waals surface area contributed by atoms with E-state index in [9.17, 15) is 9.59 Å². The molecule has 0 saturated heterocycles. The van der Waals surface area contributed by atoms with Crippen LogP contribution < -0.4 is 0 Å². The Hall–Kier alpha value is -2.28. The molecular weight excluding hydrogens is 208 g/mol. The van der Waals surface area contributed by atoms with Crippen LogP contribution in [0.25, 0.3) is 0 Å². The average molecular weight is 218 g/mol. The van der Waals surface area contributed by atoms with Gasteiger partial charge in [0.15, 0.2) is 0 Å². The second kappa shape index (κ2) is 5.56. The minimum atomic E-state index is -0.963. The van der Waals surface area contributed by atoms with Gasteiger partial charge in [-0.05, 0) is 17.7 Å². The summed E-state index contributed by atoms with van der Waals surface area (Å²) in [5.41, 5.74) is 1.37. The molecule has 0 radical (unpaired) electrons. The minimum Gasteiger partial charge on any atom is -0.481 e. The molecule has 0 bridgehead atoms. The van der Waals surface area contributed by atoms with E-state index >= 15 is 0 Å². The highest BCUT2D eigenvalue weighted by atomic mass is 16.4. The van der Waals surface area contributed by atoms with E-state index in [-0.39, 0.29) is 12.8 Å². The molecule has 4 heteroatoms. The number of carboxylic acid groups (broad SMARTS) is 2. The fraction of sp³-hybridized carbons (Fsp3) is 0.167. The van der Waals surface area contributed by atoms with Gasteiger partial charge < -0.3 is 10.2 Å². The van der Waals surface area contributed by atoms with Crippen molar-refractivity contribution in [3.8, 4) is 11.8 Å². The lowest BCUT2D eigenvalue weighted by atomic mass is 10.1. The molecule has 1 rings (SSSR count). The summed E-state index contributed by atoms with van der Waals surface area (Å²) in [4.78, 5) is 20.6. The molecular formula is C12H10O4. The number of carboxylic acids is 2. The molecule has 0 aromatic heterocycles. The summed E-state index contributed by atoms with van der Waals surface area (Å²) in [7, 11) is 0. The first-order valence-electron chi connectivity index (χ1n) is 4.59. The van der Waals surface area contributed by atoms with Crippen LogP contribution in [0.4, 0.5) is 0 Å². The summed E-state index contributed by atoms with van der Waals surface area (Å²) in [5, 5.41) is 16.9. The fourth-order valence-corrected chi connectivity index (χ4v) is 1.10. The normalized spacial score (nSPS) is 9.00. The van der Waals surface area contributed by atoms with Crippen molar-refractivity contribution in [2.24, 2.45) is 0 Å². The summed E-state index contributed by atoms with van der Waals surface area (Å²) < 4.78 is 0. The number of rotatable bonds is 3. The molecule has 0 fully saturated rings. The number of benzene rings is 1. The van der Waals surface area contributed by atoms with Crippen LogP contribution in [0.2, 0.25) is 0 Å². The maximum atomic E-state index is 10.4. The molecule has 0 saturated carbocycles. The Morgan fingerprint density at radius 1 is 1.06 bits per heavy atom. The highest BCUT2D eigenvalue weighted by Crippen LogP contribution is 2.04. The zero-order valence-corrected chi connectivity index (χ0v) is 8.43. The van der Waals surface area contributed by atoms with Crippen molar-refractivity contribution < 1.29 is 19.8 Å².